The molecule has 1 aromatic rings. The van der Waals surface area contributed by atoms with Crippen LogP contribution in [0.5, 0.6) is 5.75 Å². The van der Waals surface area contributed by atoms with E-state index in [4.69, 9.17) is 0 Å². The molecule has 1 aliphatic heterocycles. The molecule has 0 N–H and O–H groups in total. The van der Waals surface area contributed by atoms with Crippen LogP contribution in [0.4, 0.5) is 8.78 Å². The summed E-state index contributed by atoms with van der Waals surface area (Å²) >= 11 is 3.42. The van der Waals surface area contributed by atoms with Crippen LogP contribution >= 0.6 is 15.9 Å². The Balaban J connectivity index is 2.07. The Morgan fingerprint density at radius 2 is 2.05 bits per heavy atom. The zero-order chi connectivity index (χ0) is 15.2. The molecule has 1 atom stereocenters. The van der Waals surface area contributed by atoms with Gasteiger partial charge in [-0.15, -0.1) is 0 Å². The molecule has 0 bridgehead atoms. The molecule has 2 rings (SSSR count). The number of benzene rings is 1. The van der Waals surface area contributed by atoms with Gasteiger partial charge >= 0.3 is 6.61 Å². The van der Waals surface area contributed by atoms with Gasteiger partial charge < -0.3 is 9.64 Å². The summed E-state index contributed by atoms with van der Waals surface area (Å²) in [6.45, 7) is -2.09. The molecule has 1 saturated heterocycles. The Labute approximate surface area is 131 Å². The second-order valence-corrected chi connectivity index (χ2v) is 5.82. The van der Waals surface area contributed by atoms with E-state index in [9.17, 15) is 13.6 Å². The van der Waals surface area contributed by atoms with Gasteiger partial charge in [0.2, 0.25) is 0 Å². The molecule has 21 heavy (non-hydrogen) atoms. The Kier molecular flexibility index (Phi) is 5.96. The maximum absolute atomic E-state index is 12.5. The van der Waals surface area contributed by atoms with Crippen molar-refractivity contribution in [1.29, 1.82) is 0 Å². The highest BCUT2D eigenvalue weighted by Crippen LogP contribution is 2.23. The van der Waals surface area contributed by atoms with E-state index in [-0.39, 0.29) is 17.7 Å². The lowest BCUT2D eigenvalue weighted by Crippen LogP contribution is -2.43. The second-order valence-electron chi connectivity index (χ2n) is 5.03. The molecule has 1 heterocycles. The first-order chi connectivity index (χ1) is 10.1. The van der Waals surface area contributed by atoms with Crippen molar-refractivity contribution < 1.29 is 18.3 Å². The molecule has 0 radical (unpaired) electrons. The minimum Gasteiger partial charge on any atom is -0.435 e. The Bertz CT molecular complexity index is 465. The zero-order valence-electron chi connectivity index (χ0n) is 11.6. The average Bonchev–Trinajstić information content (AvgIpc) is 2.48. The van der Waals surface area contributed by atoms with E-state index < -0.39 is 6.61 Å². The fourth-order valence-corrected chi connectivity index (χ4v) is 3.17. The first kappa shape index (κ1) is 16.2. The third-order valence-corrected chi connectivity index (χ3v) is 4.11. The van der Waals surface area contributed by atoms with Crippen molar-refractivity contribution in [3.05, 3.63) is 29.8 Å². The van der Waals surface area contributed by atoms with Crippen molar-refractivity contribution in [1.82, 2.24) is 4.90 Å². The van der Waals surface area contributed by atoms with E-state index >= 15 is 0 Å². The molecule has 1 unspecified atom stereocenters. The molecule has 3 nitrogen and oxygen atoms in total. The maximum atomic E-state index is 12.5. The first-order valence-corrected chi connectivity index (χ1v) is 8.16. The largest absolute Gasteiger partial charge is 0.435 e. The van der Waals surface area contributed by atoms with Crippen LogP contribution in [0.3, 0.4) is 0 Å². The van der Waals surface area contributed by atoms with Crippen molar-refractivity contribution in [2.24, 2.45) is 0 Å². The van der Waals surface area contributed by atoms with Crippen LogP contribution in [0.25, 0.3) is 0 Å². The quantitative estimate of drug-likeness (QED) is 0.739. The lowest BCUT2D eigenvalue weighted by Gasteiger charge is -2.35. The topological polar surface area (TPSA) is 29.5 Å². The lowest BCUT2D eigenvalue weighted by molar-refractivity contribution is -0.0498. The Morgan fingerprint density at radius 3 is 2.67 bits per heavy atom. The number of ether oxygens (including phenoxy) is 1. The van der Waals surface area contributed by atoms with Crippen molar-refractivity contribution in [3.8, 4) is 5.75 Å². The molecule has 1 fully saturated rings. The molecular formula is C15H18BrF2NO2. The molecule has 1 aromatic carbocycles. The summed E-state index contributed by atoms with van der Waals surface area (Å²) in [5, 5.41) is 0.864. The number of amides is 1. The van der Waals surface area contributed by atoms with E-state index in [1.165, 1.54) is 12.1 Å². The normalized spacial score (nSPS) is 18.9. The van der Waals surface area contributed by atoms with Crippen LogP contribution < -0.4 is 4.74 Å². The van der Waals surface area contributed by atoms with Gasteiger partial charge in [-0.25, -0.2) is 0 Å². The third kappa shape index (κ3) is 4.40. The number of hydrogen-bond donors (Lipinski definition) is 0. The van der Waals surface area contributed by atoms with E-state index in [2.05, 4.69) is 20.7 Å². The SMILES string of the molecule is O=C(c1ccc(OC(F)F)cc1)N1CCCCC1CCBr. The van der Waals surface area contributed by atoms with E-state index in [1.54, 1.807) is 12.1 Å². The van der Waals surface area contributed by atoms with Crippen LogP contribution in [0, 0.1) is 0 Å². The van der Waals surface area contributed by atoms with Crippen LogP contribution in [0.1, 0.15) is 36.0 Å². The Morgan fingerprint density at radius 1 is 1.33 bits per heavy atom. The summed E-state index contributed by atoms with van der Waals surface area (Å²) < 4.78 is 28.5. The molecule has 1 aliphatic rings. The number of hydrogen-bond acceptors (Lipinski definition) is 2. The molecular weight excluding hydrogens is 344 g/mol. The monoisotopic (exact) mass is 361 g/mol. The average molecular weight is 362 g/mol. The van der Waals surface area contributed by atoms with Gasteiger partial charge in [-0.2, -0.15) is 8.78 Å². The third-order valence-electron chi connectivity index (χ3n) is 3.66. The summed E-state index contributed by atoms with van der Waals surface area (Å²) in [5.74, 6) is 0.0291. The predicted molar refractivity (Wildman–Crippen MR) is 80.2 cm³/mol. The number of likely N-dealkylation sites (tertiary alicyclic amines) is 1. The fraction of sp³-hybridized carbons (Fsp3) is 0.533. The highest BCUT2D eigenvalue weighted by atomic mass is 79.9. The number of rotatable bonds is 5. The Hall–Kier alpha value is -1.17. The van der Waals surface area contributed by atoms with Crippen LogP contribution in [-0.4, -0.2) is 35.3 Å². The van der Waals surface area contributed by atoms with Crippen molar-refractivity contribution in [2.45, 2.75) is 38.3 Å². The molecule has 0 spiro atoms. The summed E-state index contributed by atoms with van der Waals surface area (Å²) in [6, 6.07) is 6.15. The molecule has 6 heteroatoms. The number of piperidine rings is 1. The molecule has 116 valence electrons. The number of carbonyl (C=O) groups excluding carboxylic acids is 1. The van der Waals surface area contributed by atoms with Gasteiger partial charge in [0, 0.05) is 23.5 Å². The van der Waals surface area contributed by atoms with Gasteiger partial charge in [0.25, 0.3) is 5.91 Å². The van der Waals surface area contributed by atoms with E-state index in [0.717, 1.165) is 37.6 Å². The number of alkyl halides is 3. The summed E-state index contributed by atoms with van der Waals surface area (Å²) in [6.07, 6.45) is 4.10. The number of carbonyl (C=O) groups is 1. The molecule has 0 aliphatic carbocycles. The van der Waals surface area contributed by atoms with Crippen molar-refractivity contribution in [2.75, 3.05) is 11.9 Å². The van der Waals surface area contributed by atoms with Gasteiger partial charge in [0.05, 0.1) is 0 Å². The maximum Gasteiger partial charge on any atom is 0.387 e. The summed E-state index contributed by atoms with van der Waals surface area (Å²) in [7, 11) is 0. The van der Waals surface area contributed by atoms with Crippen molar-refractivity contribution >= 4 is 21.8 Å². The van der Waals surface area contributed by atoms with E-state index in [0.29, 0.717) is 5.56 Å². The molecule has 0 aromatic heterocycles. The minimum atomic E-state index is -2.85. The molecule has 1 amide bonds. The summed E-state index contributed by atoms with van der Waals surface area (Å²) in [5.41, 5.74) is 0.512. The smallest absolute Gasteiger partial charge is 0.387 e. The first-order valence-electron chi connectivity index (χ1n) is 7.03. The van der Waals surface area contributed by atoms with Crippen LogP contribution in [-0.2, 0) is 0 Å². The van der Waals surface area contributed by atoms with Gasteiger partial charge in [-0.1, -0.05) is 15.9 Å². The van der Waals surface area contributed by atoms with E-state index in [1.807, 2.05) is 4.90 Å². The zero-order valence-corrected chi connectivity index (χ0v) is 13.2. The lowest BCUT2D eigenvalue weighted by atomic mass is 9.99. The highest BCUT2D eigenvalue weighted by Gasteiger charge is 2.26. The molecule has 0 saturated carbocycles. The van der Waals surface area contributed by atoms with Gasteiger partial charge in [-0.3, -0.25) is 4.79 Å². The van der Waals surface area contributed by atoms with Crippen molar-refractivity contribution in [3.63, 3.8) is 0 Å². The summed E-state index contributed by atoms with van der Waals surface area (Å²) in [4.78, 5) is 14.4. The van der Waals surface area contributed by atoms with Gasteiger partial charge in [0.15, 0.2) is 0 Å². The minimum absolute atomic E-state index is 0.0377. The van der Waals surface area contributed by atoms with Gasteiger partial charge in [-0.05, 0) is 49.9 Å². The van der Waals surface area contributed by atoms with Crippen LogP contribution in [0.15, 0.2) is 24.3 Å². The van der Waals surface area contributed by atoms with Gasteiger partial charge in [0.1, 0.15) is 5.75 Å². The number of nitrogens with zero attached hydrogens (tertiary/aromatic N) is 1. The standard InChI is InChI=1S/C15H18BrF2NO2/c16-9-8-12-3-1-2-10-19(12)14(20)11-4-6-13(7-5-11)21-15(17)18/h4-7,12,15H,1-3,8-10H2. The van der Waals surface area contributed by atoms with Crippen LogP contribution in [0.2, 0.25) is 0 Å². The number of halogens is 3. The second kappa shape index (κ2) is 7.73. The fourth-order valence-electron chi connectivity index (χ4n) is 2.64. The predicted octanol–water partition coefficient (Wildman–Crippen LogP) is 4.07. The highest BCUT2D eigenvalue weighted by molar-refractivity contribution is 9.09.